The van der Waals surface area contributed by atoms with Gasteiger partial charge in [-0.25, -0.2) is 9.78 Å². The number of benzene rings is 6. The summed E-state index contributed by atoms with van der Waals surface area (Å²) in [4.78, 5) is 22.9. The third-order valence-electron chi connectivity index (χ3n) is 10.9. The van der Waals surface area contributed by atoms with Crippen molar-refractivity contribution >= 4 is 28.7 Å². The molecule has 0 unspecified atom stereocenters. The van der Waals surface area contributed by atoms with Gasteiger partial charge in [-0.15, -0.1) is 0 Å². The molecule has 6 nitrogen and oxygen atoms in total. The lowest BCUT2D eigenvalue weighted by Gasteiger charge is -2.38. The van der Waals surface area contributed by atoms with Crippen LogP contribution in [0.5, 0.6) is 11.5 Å². The molecule has 0 fully saturated rings. The predicted octanol–water partition coefficient (Wildman–Crippen LogP) is 11.5. The molecule has 0 saturated carbocycles. The Kier molecular flexibility index (Phi) is 8.87. The molecule has 0 saturated heterocycles. The van der Waals surface area contributed by atoms with Crippen LogP contribution in [0.3, 0.4) is 0 Å². The van der Waals surface area contributed by atoms with Gasteiger partial charge in [-0.2, -0.15) is 0 Å². The molecule has 0 N–H and O–H groups in total. The second-order valence-electron chi connectivity index (χ2n) is 14.0. The number of rotatable bonds is 10. The number of carbonyl (C=O) groups is 1. The van der Waals surface area contributed by atoms with Crippen LogP contribution in [-0.4, -0.2) is 11.0 Å². The van der Waals surface area contributed by atoms with E-state index in [0.717, 1.165) is 46.7 Å². The largest absolute Gasteiger partial charge is 0.456 e. The average molecular weight is 720 g/mol. The molecule has 6 heteroatoms. The van der Waals surface area contributed by atoms with Gasteiger partial charge in [0.05, 0.1) is 0 Å². The first-order chi connectivity index (χ1) is 27.1. The van der Waals surface area contributed by atoms with Gasteiger partial charge in [0, 0.05) is 70.9 Å². The normalized spacial score (nSPS) is 13.3. The van der Waals surface area contributed by atoms with Crippen molar-refractivity contribution in [2.24, 2.45) is 0 Å². The first-order valence-corrected chi connectivity index (χ1v) is 19.0. The summed E-state index contributed by atoms with van der Waals surface area (Å²) in [7, 11) is 0. The summed E-state index contributed by atoms with van der Waals surface area (Å²) in [6.07, 6.45) is 3.43. The van der Waals surface area contributed by atoms with Gasteiger partial charge in [-0.05, 0) is 77.6 Å². The summed E-state index contributed by atoms with van der Waals surface area (Å²) in [5.74, 6) is 0.803. The fourth-order valence-electron chi connectivity index (χ4n) is 8.18. The molecule has 270 valence electrons. The van der Waals surface area contributed by atoms with Gasteiger partial charge < -0.3 is 19.3 Å². The molecule has 0 bridgehead atoms. The standard InChI is InChI=1S/C49H41N3O3/c1-3-36-20-11-13-23-43(36)51(32-34-16-7-5-8-17-34)38-25-27-40-45(30-38)54-46-31-39(26-28-41(46)49(40)42-22-15-29-50-47(42)48(53)55-49)52(33-35-18-9-6-10-19-35)44-24-14-12-21-37(44)4-2/h5-31H,3-4,32-33H2,1-2H3. The zero-order valence-corrected chi connectivity index (χ0v) is 31.0. The molecule has 0 aliphatic carbocycles. The van der Waals surface area contributed by atoms with Crippen LogP contribution >= 0.6 is 0 Å². The van der Waals surface area contributed by atoms with Crippen molar-refractivity contribution in [2.45, 2.75) is 45.4 Å². The maximum atomic E-state index is 13.7. The molecular weight excluding hydrogens is 679 g/mol. The first kappa shape index (κ1) is 34.1. The van der Waals surface area contributed by atoms with Crippen molar-refractivity contribution in [3.63, 3.8) is 0 Å². The SMILES string of the molecule is CCc1ccccc1N(Cc1ccccc1)c1ccc2c(c1)Oc1cc(N(Cc3ccccc3)c3ccccc3CC)ccc1C21OC(=O)c2ncccc21. The lowest BCUT2D eigenvalue weighted by molar-refractivity contribution is 0.0222. The molecule has 9 rings (SSSR count). The van der Waals surface area contributed by atoms with E-state index < -0.39 is 11.6 Å². The minimum atomic E-state index is -1.24. The van der Waals surface area contributed by atoms with Gasteiger partial charge in [0.25, 0.3) is 0 Å². The number of hydrogen-bond donors (Lipinski definition) is 0. The molecule has 2 aliphatic heterocycles. The number of para-hydroxylation sites is 2. The number of hydrogen-bond acceptors (Lipinski definition) is 6. The quantitative estimate of drug-likeness (QED) is 0.131. The van der Waals surface area contributed by atoms with Crippen molar-refractivity contribution in [3.05, 3.63) is 209 Å². The Balaban J connectivity index is 1.22. The van der Waals surface area contributed by atoms with Gasteiger partial charge in [0.2, 0.25) is 0 Å². The van der Waals surface area contributed by atoms with E-state index in [-0.39, 0.29) is 0 Å². The predicted molar refractivity (Wildman–Crippen MR) is 219 cm³/mol. The molecule has 6 aromatic carbocycles. The highest BCUT2D eigenvalue weighted by Crippen LogP contribution is 2.57. The highest BCUT2D eigenvalue weighted by Gasteiger charge is 2.54. The number of nitrogens with zero attached hydrogens (tertiary/aromatic N) is 3. The van der Waals surface area contributed by atoms with Gasteiger partial charge in [0.15, 0.2) is 11.3 Å². The Bertz CT molecular complexity index is 2370. The smallest absolute Gasteiger partial charge is 0.358 e. The van der Waals surface area contributed by atoms with Crippen molar-refractivity contribution in [3.8, 4) is 11.5 Å². The van der Waals surface area contributed by atoms with E-state index in [4.69, 9.17) is 9.47 Å². The molecule has 0 amide bonds. The molecule has 55 heavy (non-hydrogen) atoms. The number of carbonyl (C=O) groups excluding carboxylic acids is 1. The zero-order valence-electron chi connectivity index (χ0n) is 31.0. The topological polar surface area (TPSA) is 54.9 Å². The number of fused-ring (bicyclic) bond motifs is 6. The van der Waals surface area contributed by atoms with Crippen LogP contribution in [0, 0.1) is 0 Å². The van der Waals surface area contributed by atoms with Crippen LogP contribution in [0.4, 0.5) is 22.7 Å². The number of ether oxygens (including phenoxy) is 2. The third-order valence-corrected chi connectivity index (χ3v) is 10.9. The van der Waals surface area contributed by atoms with Crippen LogP contribution in [0.25, 0.3) is 0 Å². The van der Waals surface area contributed by atoms with Crippen LogP contribution in [0.2, 0.25) is 0 Å². The second kappa shape index (κ2) is 14.3. The van der Waals surface area contributed by atoms with E-state index in [2.05, 4.69) is 162 Å². The summed E-state index contributed by atoms with van der Waals surface area (Å²) in [5, 5.41) is 0. The van der Waals surface area contributed by atoms with Gasteiger partial charge in [0.1, 0.15) is 11.5 Å². The zero-order chi connectivity index (χ0) is 37.4. The maximum Gasteiger partial charge on any atom is 0.358 e. The van der Waals surface area contributed by atoms with Crippen LogP contribution < -0.4 is 14.5 Å². The van der Waals surface area contributed by atoms with E-state index in [1.165, 1.54) is 22.3 Å². The number of pyridine rings is 1. The molecule has 1 aromatic heterocycles. The lowest BCUT2D eigenvalue weighted by atomic mass is 9.78. The van der Waals surface area contributed by atoms with Crippen molar-refractivity contribution < 1.29 is 14.3 Å². The molecule has 0 atom stereocenters. The van der Waals surface area contributed by atoms with E-state index >= 15 is 0 Å². The number of anilines is 4. The summed E-state index contributed by atoms with van der Waals surface area (Å²) >= 11 is 0. The van der Waals surface area contributed by atoms with E-state index in [9.17, 15) is 4.79 Å². The summed E-state index contributed by atoms with van der Waals surface area (Å²) < 4.78 is 13.6. The van der Waals surface area contributed by atoms with Crippen molar-refractivity contribution in [1.82, 2.24) is 4.98 Å². The molecule has 7 aromatic rings. The van der Waals surface area contributed by atoms with Gasteiger partial charge in [-0.1, -0.05) is 117 Å². The Hall–Kier alpha value is -6.66. The van der Waals surface area contributed by atoms with E-state index in [1.54, 1.807) is 6.20 Å². The average Bonchev–Trinajstić information content (AvgIpc) is 3.54. The highest BCUT2D eigenvalue weighted by atomic mass is 16.6. The third kappa shape index (κ3) is 6.00. The van der Waals surface area contributed by atoms with Crippen LogP contribution in [0.15, 0.2) is 164 Å². The number of esters is 1. The maximum absolute atomic E-state index is 13.7. The fraction of sp³-hybridized carbons (Fsp3) is 0.143. The summed E-state index contributed by atoms with van der Waals surface area (Å²) in [6.45, 7) is 5.70. The summed E-state index contributed by atoms with van der Waals surface area (Å²) in [5.41, 5.74) is 10.4. The molecule has 0 radical (unpaired) electrons. The van der Waals surface area contributed by atoms with Crippen LogP contribution in [-0.2, 0) is 36.3 Å². The first-order valence-electron chi connectivity index (χ1n) is 19.0. The fourth-order valence-corrected chi connectivity index (χ4v) is 8.18. The number of aryl methyl sites for hydroxylation is 2. The molecule has 3 heterocycles. The Morgan fingerprint density at radius 2 is 1.04 bits per heavy atom. The minimum Gasteiger partial charge on any atom is -0.456 e. The lowest BCUT2D eigenvalue weighted by Crippen LogP contribution is -2.33. The van der Waals surface area contributed by atoms with E-state index in [1.807, 2.05) is 24.3 Å². The van der Waals surface area contributed by atoms with Crippen molar-refractivity contribution in [2.75, 3.05) is 9.80 Å². The number of aromatic nitrogens is 1. The Labute approximate surface area is 322 Å². The monoisotopic (exact) mass is 719 g/mol. The highest BCUT2D eigenvalue weighted by molar-refractivity contribution is 5.95. The van der Waals surface area contributed by atoms with Crippen LogP contribution in [0.1, 0.15) is 63.3 Å². The summed E-state index contributed by atoms with van der Waals surface area (Å²) in [6, 6.07) is 54.5. The van der Waals surface area contributed by atoms with E-state index in [0.29, 0.717) is 35.8 Å². The van der Waals surface area contributed by atoms with Crippen molar-refractivity contribution in [1.29, 1.82) is 0 Å². The molecule has 2 aliphatic rings. The Morgan fingerprint density at radius 1 is 0.545 bits per heavy atom. The second-order valence-corrected chi connectivity index (χ2v) is 14.0. The van der Waals surface area contributed by atoms with Gasteiger partial charge in [-0.3, -0.25) is 0 Å². The molecular formula is C49H41N3O3. The minimum absolute atomic E-state index is 0.319. The molecule has 1 spiro atoms. The Morgan fingerprint density at radius 3 is 1.55 bits per heavy atom. The van der Waals surface area contributed by atoms with Gasteiger partial charge >= 0.3 is 5.97 Å².